The highest BCUT2D eigenvalue weighted by atomic mass is 32.1. The summed E-state index contributed by atoms with van der Waals surface area (Å²) in [5.41, 5.74) is 2.14. The first-order valence-electron chi connectivity index (χ1n) is 10.9. The molecule has 0 aliphatic rings. The first kappa shape index (κ1) is 23.3. The van der Waals surface area contributed by atoms with Crippen molar-refractivity contribution >= 4 is 29.3 Å². The van der Waals surface area contributed by atoms with Crippen molar-refractivity contribution in [1.82, 2.24) is 14.5 Å². The maximum atomic E-state index is 12.7. The summed E-state index contributed by atoms with van der Waals surface area (Å²) in [6.45, 7) is 2.04. The molecule has 0 saturated carbocycles. The number of rotatable bonds is 8. The molecule has 1 unspecified atom stereocenters. The molecule has 9 heteroatoms. The Labute approximate surface area is 201 Å². The van der Waals surface area contributed by atoms with E-state index in [-0.39, 0.29) is 22.3 Å². The first-order chi connectivity index (χ1) is 16.5. The summed E-state index contributed by atoms with van der Waals surface area (Å²) < 4.78 is 12.1. The van der Waals surface area contributed by atoms with Gasteiger partial charge in [-0.3, -0.25) is 19.3 Å². The quantitative estimate of drug-likeness (QED) is 0.255. The Morgan fingerprint density at radius 3 is 2.74 bits per heavy atom. The van der Waals surface area contributed by atoms with Gasteiger partial charge < -0.3 is 19.6 Å². The highest BCUT2D eigenvalue weighted by Gasteiger charge is 2.17. The van der Waals surface area contributed by atoms with Gasteiger partial charge >= 0.3 is 0 Å². The van der Waals surface area contributed by atoms with Crippen molar-refractivity contribution in [3.63, 3.8) is 0 Å². The molecule has 0 bridgehead atoms. The number of nitrogens with one attached hydrogen (secondary N) is 2. The number of nitrogens with zero attached hydrogens (tertiary/aromatic N) is 2. The molecule has 2 aromatic carbocycles. The molecule has 0 saturated heterocycles. The Morgan fingerprint density at radius 2 is 2.00 bits per heavy atom. The van der Waals surface area contributed by atoms with Crippen LogP contribution in [0.4, 0.5) is 0 Å². The van der Waals surface area contributed by atoms with E-state index in [2.05, 4.69) is 21.0 Å². The summed E-state index contributed by atoms with van der Waals surface area (Å²) in [5.74, 6) is 0.669. The maximum Gasteiger partial charge on any atom is 0.264 e. The zero-order chi connectivity index (χ0) is 24.2. The molecule has 2 heterocycles. The third kappa shape index (κ3) is 4.47. The number of aromatic nitrogens is 3. The van der Waals surface area contributed by atoms with Crippen molar-refractivity contribution in [1.29, 1.82) is 0 Å². The molecule has 2 aromatic heterocycles. The summed E-state index contributed by atoms with van der Waals surface area (Å²) in [7, 11) is 3.05. The molecule has 0 spiro atoms. The number of hydrogen-bond acceptors (Lipinski definition) is 6. The van der Waals surface area contributed by atoms with Crippen LogP contribution < -0.4 is 15.0 Å². The molecule has 176 valence electrons. The summed E-state index contributed by atoms with van der Waals surface area (Å²) in [5, 5.41) is 12.2. The fourth-order valence-corrected chi connectivity index (χ4v) is 4.16. The number of ether oxygens (including phenoxy) is 2. The minimum absolute atomic E-state index is 0.0100. The minimum atomic E-state index is -0.522. The topological polar surface area (TPSA) is 105 Å². The second-order valence-electron chi connectivity index (χ2n) is 7.77. The van der Waals surface area contributed by atoms with Crippen molar-refractivity contribution < 1.29 is 14.6 Å². The van der Waals surface area contributed by atoms with E-state index >= 15 is 0 Å². The fraction of sp³-hybridized carbons (Fsp3) is 0.240. The molecular weight excluding hydrogens is 452 g/mol. The van der Waals surface area contributed by atoms with E-state index in [0.29, 0.717) is 23.6 Å². The second-order valence-corrected chi connectivity index (χ2v) is 8.16. The van der Waals surface area contributed by atoms with Gasteiger partial charge in [0.1, 0.15) is 17.1 Å². The molecule has 4 rings (SSSR count). The Bertz CT molecular complexity index is 1470. The largest absolute Gasteiger partial charge is 0.497 e. The van der Waals surface area contributed by atoms with Gasteiger partial charge in [-0.1, -0.05) is 25.1 Å². The van der Waals surface area contributed by atoms with Crippen molar-refractivity contribution in [2.75, 3.05) is 14.2 Å². The maximum absolute atomic E-state index is 12.7. The second kappa shape index (κ2) is 9.96. The van der Waals surface area contributed by atoms with Gasteiger partial charge in [0.25, 0.3) is 5.56 Å². The van der Waals surface area contributed by atoms with Crippen LogP contribution in [0.5, 0.6) is 17.4 Å². The molecule has 1 atom stereocenters. The fourth-order valence-electron chi connectivity index (χ4n) is 3.89. The van der Waals surface area contributed by atoms with Gasteiger partial charge in [0.2, 0.25) is 5.88 Å². The van der Waals surface area contributed by atoms with Crippen LogP contribution in [0.3, 0.4) is 0 Å². The Morgan fingerprint density at radius 1 is 1.21 bits per heavy atom. The number of H-pyrrole nitrogens is 2. The van der Waals surface area contributed by atoms with Crippen LogP contribution in [0.25, 0.3) is 16.6 Å². The van der Waals surface area contributed by atoms with Crippen molar-refractivity contribution in [3.05, 3.63) is 74.9 Å². The summed E-state index contributed by atoms with van der Waals surface area (Å²) in [6.07, 6.45) is 4.85. The zero-order valence-corrected chi connectivity index (χ0v) is 20.0. The molecule has 4 aromatic rings. The average Bonchev–Trinajstić information content (AvgIpc) is 3.25. The van der Waals surface area contributed by atoms with Crippen molar-refractivity contribution in [2.45, 2.75) is 25.8 Å². The van der Waals surface area contributed by atoms with Gasteiger partial charge in [-0.05, 0) is 48.8 Å². The van der Waals surface area contributed by atoms with Gasteiger partial charge in [0, 0.05) is 29.4 Å². The Hall–Kier alpha value is -3.85. The molecule has 3 N–H and O–H groups in total. The number of aliphatic imine (C=N–C) groups is 1. The number of aromatic amines is 2. The molecular formula is C25H26N4O4S. The minimum Gasteiger partial charge on any atom is -0.497 e. The molecule has 0 aliphatic heterocycles. The third-order valence-corrected chi connectivity index (χ3v) is 6.05. The van der Waals surface area contributed by atoms with Gasteiger partial charge in [-0.15, -0.1) is 0 Å². The van der Waals surface area contributed by atoms with E-state index in [4.69, 9.17) is 21.7 Å². The molecule has 0 aliphatic carbocycles. The number of benzene rings is 2. The van der Waals surface area contributed by atoms with E-state index in [1.165, 1.54) is 25.0 Å². The highest BCUT2D eigenvalue weighted by molar-refractivity contribution is 7.71. The van der Waals surface area contributed by atoms with Crippen LogP contribution in [0.1, 0.15) is 24.5 Å². The van der Waals surface area contributed by atoms with Gasteiger partial charge in [0.15, 0.2) is 4.77 Å². The summed E-state index contributed by atoms with van der Waals surface area (Å²) in [6, 6.07) is 13.1. The van der Waals surface area contributed by atoms with Crippen LogP contribution in [-0.2, 0) is 6.42 Å². The number of methoxy groups -OCH3 is 2. The highest BCUT2D eigenvalue weighted by Crippen LogP contribution is 2.31. The zero-order valence-electron chi connectivity index (χ0n) is 19.2. The lowest BCUT2D eigenvalue weighted by molar-refractivity contribution is 0.394. The van der Waals surface area contributed by atoms with Crippen molar-refractivity contribution in [3.8, 4) is 23.1 Å². The smallest absolute Gasteiger partial charge is 0.264 e. The van der Waals surface area contributed by atoms with E-state index < -0.39 is 5.56 Å². The van der Waals surface area contributed by atoms with E-state index in [0.717, 1.165) is 22.9 Å². The Balaban J connectivity index is 1.72. The molecule has 0 radical (unpaired) electrons. The normalized spacial score (nSPS) is 12.3. The van der Waals surface area contributed by atoms with Gasteiger partial charge in [-0.25, -0.2) is 0 Å². The average molecular weight is 479 g/mol. The third-order valence-electron chi connectivity index (χ3n) is 5.76. The standard InChI is InChI=1S/C25H26N4O4S/c1-4-16(11-15-13-27-20-8-6-5-7-18(15)20)26-14-19-23(30)28-25(34)29(24(19)31)21-12-17(32-2)9-10-22(21)33-3/h5-10,12-14,16,27,31H,4,11H2,1-3H3,(H,28,30,34). The van der Waals surface area contributed by atoms with Gasteiger partial charge in [0.05, 0.1) is 25.9 Å². The number of para-hydroxylation sites is 1. The number of aromatic hydroxyl groups is 1. The Kier molecular flexibility index (Phi) is 6.83. The lowest BCUT2D eigenvalue weighted by Crippen LogP contribution is -2.19. The van der Waals surface area contributed by atoms with Crippen LogP contribution in [-0.4, -0.2) is 46.1 Å². The van der Waals surface area contributed by atoms with Crippen LogP contribution >= 0.6 is 12.2 Å². The predicted octanol–water partition coefficient (Wildman–Crippen LogP) is 4.54. The number of hydrogen-bond donors (Lipinski definition) is 3. The molecule has 0 amide bonds. The summed E-state index contributed by atoms with van der Waals surface area (Å²) in [4.78, 5) is 23.2. The lowest BCUT2D eigenvalue weighted by Gasteiger charge is -2.16. The van der Waals surface area contributed by atoms with Crippen molar-refractivity contribution in [2.24, 2.45) is 4.99 Å². The van der Waals surface area contributed by atoms with Crippen LogP contribution in [0.15, 0.2) is 58.4 Å². The monoisotopic (exact) mass is 478 g/mol. The van der Waals surface area contributed by atoms with E-state index in [1.807, 2.05) is 31.3 Å². The van der Waals surface area contributed by atoms with Crippen LogP contribution in [0, 0.1) is 4.77 Å². The number of fused-ring (bicyclic) bond motifs is 1. The summed E-state index contributed by atoms with van der Waals surface area (Å²) >= 11 is 5.34. The van der Waals surface area contributed by atoms with E-state index in [9.17, 15) is 9.90 Å². The molecule has 34 heavy (non-hydrogen) atoms. The molecule has 0 fully saturated rings. The molecule has 8 nitrogen and oxygen atoms in total. The predicted molar refractivity (Wildman–Crippen MR) is 136 cm³/mol. The van der Waals surface area contributed by atoms with Gasteiger partial charge in [-0.2, -0.15) is 0 Å². The first-order valence-corrected chi connectivity index (χ1v) is 11.3. The van der Waals surface area contributed by atoms with E-state index in [1.54, 1.807) is 18.2 Å². The van der Waals surface area contributed by atoms with Crippen LogP contribution in [0.2, 0.25) is 0 Å². The lowest BCUT2D eigenvalue weighted by atomic mass is 10.0. The SMILES string of the molecule is CCC(Cc1c[nH]c2ccccc12)N=Cc1c(O)n(-c2cc(OC)ccc2OC)c(=S)[nH]c1=O.